The fourth-order valence-electron chi connectivity index (χ4n) is 2.23. The van der Waals surface area contributed by atoms with Gasteiger partial charge in [-0.15, -0.1) is 0 Å². The number of likely N-dealkylation sites (N-methyl/N-ethyl adjacent to an activating group) is 1. The van der Waals surface area contributed by atoms with E-state index in [-0.39, 0.29) is 11.6 Å². The number of nitrogens with one attached hydrogen (secondary N) is 2. The van der Waals surface area contributed by atoms with Crippen LogP contribution in [0, 0.1) is 5.82 Å². The van der Waals surface area contributed by atoms with E-state index < -0.39 is 0 Å². The van der Waals surface area contributed by atoms with Gasteiger partial charge in [0.25, 0.3) is 0 Å². The maximum absolute atomic E-state index is 13.2. The molecule has 0 bridgehead atoms. The Labute approximate surface area is 147 Å². The van der Waals surface area contributed by atoms with Crippen LogP contribution in [0.25, 0.3) is 0 Å². The Balaban J connectivity index is 2.19. The molecule has 0 aliphatic carbocycles. The first kappa shape index (κ1) is 18.2. The predicted molar refractivity (Wildman–Crippen MR) is 99.0 cm³/mol. The summed E-state index contributed by atoms with van der Waals surface area (Å²) in [7, 11) is 4.15. The smallest absolute Gasteiger partial charge is 0.173 e. The largest absolute Gasteiger partial charge is 0.508 e. The molecule has 0 amide bonds. The lowest BCUT2D eigenvalue weighted by Crippen LogP contribution is -3.06. The first-order valence-corrected chi connectivity index (χ1v) is 8.25. The minimum atomic E-state index is -0.295. The van der Waals surface area contributed by atoms with Crippen molar-refractivity contribution in [3.8, 4) is 5.75 Å². The highest BCUT2D eigenvalue weighted by Crippen LogP contribution is 2.22. The average Bonchev–Trinajstić information content (AvgIpc) is 2.54. The van der Waals surface area contributed by atoms with Crippen LogP contribution < -0.4 is 15.1 Å². The van der Waals surface area contributed by atoms with Crippen LogP contribution in [0.1, 0.15) is 5.56 Å². The average molecular weight is 348 g/mol. The van der Waals surface area contributed by atoms with Crippen LogP contribution in [0.4, 0.5) is 10.1 Å². The monoisotopic (exact) mass is 348 g/mol. The molecule has 0 saturated carbocycles. The lowest BCUT2D eigenvalue weighted by atomic mass is 10.2. The zero-order valence-corrected chi connectivity index (χ0v) is 14.7. The number of quaternary nitrogens is 1. The van der Waals surface area contributed by atoms with Gasteiger partial charge < -0.3 is 20.2 Å². The van der Waals surface area contributed by atoms with Crippen molar-refractivity contribution in [3.05, 3.63) is 59.9 Å². The van der Waals surface area contributed by atoms with E-state index in [1.54, 1.807) is 24.3 Å². The third-order valence-corrected chi connectivity index (χ3v) is 3.97. The Bertz CT molecular complexity index is 676. The second-order valence-electron chi connectivity index (χ2n) is 5.88. The van der Waals surface area contributed by atoms with Gasteiger partial charge in [-0.05, 0) is 42.5 Å². The van der Waals surface area contributed by atoms with E-state index in [1.165, 1.54) is 17.0 Å². The first-order chi connectivity index (χ1) is 11.5. The second-order valence-corrected chi connectivity index (χ2v) is 6.27. The Morgan fingerprint density at radius 2 is 1.83 bits per heavy atom. The standard InChI is InChI=1S/C18H22FN3OS/c1-21(2)12-11-20-18(24)22(16-9-7-15(19)8-10-16)13-14-5-3-4-6-17(14)23/h3-10,23H,11-13H2,1-2H3,(H,20,24)/p+1. The van der Waals surface area contributed by atoms with E-state index in [0.29, 0.717) is 11.7 Å². The molecule has 24 heavy (non-hydrogen) atoms. The molecular weight excluding hydrogens is 325 g/mol. The Morgan fingerprint density at radius 3 is 2.46 bits per heavy atom. The van der Waals surface area contributed by atoms with E-state index in [2.05, 4.69) is 19.4 Å². The molecule has 0 radical (unpaired) electrons. The number of phenols is 1. The zero-order valence-electron chi connectivity index (χ0n) is 13.9. The second kappa shape index (κ2) is 8.61. The summed E-state index contributed by atoms with van der Waals surface area (Å²) in [6, 6.07) is 13.3. The van der Waals surface area contributed by atoms with Gasteiger partial charge in [-0.25, -0.2) is 4.39 Å². The third-order valence-electron chi connectivity index (χ3n) is 3.60. The van der Waals surface area contributed by atoms with Gasteiger partial charge in [-0.1, -0.05) is 18.2 Å². The van der Waals surface area contributed by atoms with Gasteiger partial charge in [0.05, 0.1) is 33.7 Å². The van der Waals surface area contributed by atoms with Crippen LogP contribution in [0.5, 0.6) is 5.75 Å². The number of halogens is 1. The van der Waals surface area contributed by atoms with Crippen molar-refractivity contribution in [1.29, 1.82) is 0 Å². The molecule has 0 fully saturated rings. The van der Waals surface area contributed by atoms with E-state index >= 15 is 0 Å². The predicted octanol–water partition coefficient (Wildman–Crippen LogP) is 1.56. The summed E-state index contributed by atoms with van der Waals surface area (Å²) in [5, 5.41) is 13.8. The third kappa shape index (κ3) is 5.18. The summed E-state index contributed by atoms with van der Waals surface area (Å²) in [6.45, 7) is 2.06. The molecule has 0 atom stereocenters. The molecule has 128 valence electrons. The maximum Gasteiger partial charge on any atom is 0.173 e. The van der Waals surface area contributed by atoms with Crippen LogP contribution in [0.15, 0.2) is 48.5 Å². The Kier molecular flexibility index (Phi) is 6.52. The number of thiocarbonyl (C=S) groups is 1. The van der Waals surface area contributed by atoms with Crippen LogP contribution in [-0.4, -0.2) is 37.4 Å². The van der Waals surface area contributed by atoms with Crippen molar-refractivity contribution in [2.24, 2.45) is 0 Å². The Morgan fingerprint density at radius 1 is 1.17 bits per heavy atom. The fraction of sp³-hybridized carbons (Fsp3) is 0.278. The molecule has 6 heteroatoms. The number of aromatic hydroxyl groups is 1. The van der Waals surface area contributed by atoms with E-state index in [9.17, 15) is 9.50 Å². The van der Waals surface area contributed by atoms with Gasteiger partial charge in [0.2, 0.25) is 0 Å². The highest BCUT2D eigenvalue weighted by Gasteiger charge is 2.15. The molecule has 0 heterocycles. The summed E-state index contributed by atoms with van der Waals surface area (Å²) in [4.78, 5) is 3.17. The Hall–Kier alpha value is -2.18. The van der Waals surface area contributed by atoms with Gasteiger partial charge in [-0.2, -0.15) is 0 Å². The molecule has 2 aromatic carbocycles. The van der Waals surface area contributed by atoms with Crippen molar-refractivity contribution in [3.63, 3.8) is 0 Å². The fourth-order valence-corrected chi connectivity index (χ4v) is 2.50. The number of hydrogen-bond acceptors (Lipinski definition) is 2. The van der Waals surface area contributed by atoms with Gasteiger partial charge in [0.15, 0.2) is 5.11 Å². The number of para-hydroxylation sites is 1. The number of benzene rings is 2. The number of rotatable bonds is 6. The van der Waals surface area contributed by atoms with E-state index in [1.807, 2.05) is 17.0 Å². The van der Waals surface area contributed by atoms with Crippen LogP contribution in [0.3, 0.4) is 0 Å². The van der Waals surface area contributed by atoms with Gasteiger partial charge in [0.1, 0.15) is 11.6 Å². The van der Waals surface area contributed by atoms with Crippen LogP contribution >= 0.6 is 12.2 Å². The summed E-state index contributed by atoms with van der Waals surface area (Å²) < 4.78 is 13.2. The summed E-state index contributed by atoms with van der Waals surface area (Å²) in [5.74, 6) is -0.0820. The number of phenolic OH excluding ortho intramolecular Hbond substituents is 1. The normalized spacial score (nSPS) is 10.7. The summed E-state index contributed by atoms with van der Waals surface area (Å²) in [5.41, 5.74) is 1.53. The quantitative estimate of drug-likeness (QED) is 0.693. The lowest BCUT2D eigenvalue weighted by Gasteiger charge is -2.26. The topological polar surface area (TPSA) is 39.9 Å². The lowest BCUT2D eigenvalue weighted by molar-refractivity contribution is -0.856. The van der Waals surface area contributed by atoms with Crippen molar-refractivity contribution >= 4 is 23.0 Å². The van der Waals surface area contributed by atoms with Crippen molar-refractivity contribution < 1.29 is 14.4 Å². The molecule has 4 nitrogen and oxygen atoms in total. The molecule has 0 unspecified atom stereocenters. The molecule has 3 N–H and O–H groups in total. The SMILES string of the molecule is C[NH+](C)CCNC(=S)N(Cc1ccccc1O)c1ccc(F)cc1. The minimum absolute atomic E-state index is 0.213. The first-order valence-electron chi connectivity index (χ1n) is 7.84. The molecule has 0 aromatic heterocycles. The molecule has 2 rings (SSSR count). The molecule has 0 saturated heterocycles. The highest BCUT2D eigenvalue weighted by molar-refractivity contribution is 7.80. The number of hydrogen-bond donors (Lipinski definition) is 3. The molecular formula is C18H23FN3OS+. The number of nitrogens with zero attached hydrogens (tertiary/aromatic N) is 1. The van der Waals surface area contributed by atoms with E-state index in [0.717, 1.165) is 24.3 Å². The van der Waals surface area contributed by atoms with Crippen LogP contribution in [0.2, 0.25) is 0 Å². The summed E-state index contributed by atoms with van der Waals surface area (Å²) in [6.07, 6.45) is 0. The van der Waals surface area contributed by atoms with E-state index in [4.69, 9.17) is 12.2 Å². The van der Waals surface area contributed by atoms with Gasteiger partial charge in [0, 0.05) is 11.3 Å². The summed E-state index contributed by atoms with van der Waals surface area (Å²) >= 11 is 5.51. The van der Waals surface area contributed by atoms with Gasteiger partial charge in [-0.3, -0.25) is 0 Å². The molecule has 0 aliphatic rings. The van der Waals surface area contributed by atoms with Crippen molar-refractivity contribution in [1.82, 2.24) is 5.32 Å². The molecule has 0 aliphatic heterocycles. The number of anilines is 1. The molecule has 2 aromatic rings. The van der Waals surface area contributed by atoms with Crippen LogP contribution in [-0.2, 0) is 6.54 Å². The highest BCUT2D eigenvalue weighted by atomic mass is 32.1. The molecule has 0 spiro atoms. The maximum atomic E-state index is 13.2. The zero-order chi connectivity index (χ0) is 17.5. The minimum Gasteiger partial charge on any atom is -0.508 e. The van der Waals surface area contributed by atoms with Crippen molar-refractivity contribution in [2.45, 2.75) is 6.54 Å². The van der Waals surface area contributed by atoms with Gasteiger partial charge >= 0.3 is 0 Å². The van der Waals surface area contributed by atoms with Crippen molar-refractivity contribution in [2.75, 3.05) is 32.1 Å².